The van der Waals surface area contributed by atoms with Gasteiger partial charge in [0, 0.05) is 12.1 Å². The number of aryl methyl sites for hydroxylation is 2. The van der Waals surface area contributed by atoms with Gasteiger partial charge in [0.15, 0.2) is 0 Å². The van der Waals surface area contributed by atoms with E-state index in [4.69, 9.17) is 11.5 Å². The van der Waals surface area contributed by atoms with E-state index in [0.29, 0.717) is 12.1 Å². The highest BCUT2D eigenvalue weighted by Crippen LogP contribution is 2.27. The molecule has 2 aromatic rings. The molecule has 0 fully saturated rings. The number of fused-ring (bicyclic) bond motifs is 2. The lowest BCUT2D eigenvalue weighted by Crippen LogP contribution is -2.16. The Kier molecular flexibility index (Phi) is 8.79. The minimum absolute atomic E-state index is 0. The summed E-state index contributed by atoms with van der Waals surface area (Å²) in [5.74, 6) is 0. The molecule has 4 heteroatoms. The molecule has 2 nitrogen and oxygen atoms in total. The molecule has 4 rings (SSSR count). The molecule has 0 amide bonds. The van der Waals surface area contributed by atoms with Crippen molar-refractivity contribution in [2.24, 2.45) is 11.5 Å². The average molecular weight is 367 g/mol. The van der Waals surface area contributed by atoms with Gasteiger partial charge in [-0.2, -0.15) is 0 Å². The van der Waals surface area contributed by atoms with Gasteiger partial charge in [0.1, 0.15) is 0 Å². The molecule has 4 N–H and O–H groups in total. The molecule has 2 aliphatic rings. The van der Waals surface area contributed by atoms with Crippen LogP contribution in [0.5, 0.6) is 0 Å². The number of nitrogens with two attached hydrogens (primary N) is 2. The van der Waals surface area contributed by atoms with Crippen LogP contribution in [0.1, 0.15) is 60.0 Å². The minimum atomic E-state index is 0. The lowest BCUT2D eigenvalue weighted by atomic mass is 9.88. The molecule has 0 aromatic heterocycles. The zero-order chi connectivity index (χ0) is 15.4. The number of hydrogen-bond acceptors (Lipinski definition) is 2. The van der Waals surface area contributed by atoms with Gasteiger partial charge < -0.3 is 11.5 Å². The number of benzene rings is 2. The fourth-order valence-electron chi connectivity index (χ4n) is 3.58. The van der Waals surface area contributed by atoms with E-state index in [9.17, 15) is 0 Å². The summed E-state index contributed by atoms with van der Waals surface area (Å²) in [7, 11) is 0. The summed E-state index contributed by atoms with van der Waals surface area (Å²) in [5, 5.41) is 0. The van der Waals surface area contributed by atoms with Crippen molar-refractivity contribution in [2.45, 2.75) is 50.6 Å². The van der Waals surface area contributed by atoms with Crippen LogP contribution in [-0.4, -0.2) is 0 Å². The van der Waals surface area contributed by atoms with Crippen molar-refractivity contribution < 1.29 is 0 Å². The molecular formula is C20H28Cl2N2. The van der Waals surface area contributed by atoms with Crippen molar-refractivity contribution in [1.29, 1.82) is 0 Å². The highest BCUT2D eigenvalue weighted by atomic mass is 35.5. The molecule has 2 aliphatic carbocycles. The van der Waals surface area contributed by atoms with Crippen LogP contribution in [0.15, 0.2) is 48.5 Å². The third-order valence-electron chi connectivity index (χ3n) is 4.83. The van der Waals surface area contributed by atoms with Crippen LogP contribution in [0.2, 0.25) is 0 Å². The van der Waals surface area contributed by atoms with Crippen LogP contribution >= 0.6 is 24.8 Å². The number of rotatable bonds is 0. The van der Waals surface area contributed by atoms with Gasteiger partial charge in [0.25, 0.3) is 0 Å². The highest BCUT2D eigenvalue weighted by molar-refractivity contribution is 5.85. The molecule has 132 valence electrons. The van der Waals surface area contributed by atoms with E-state index in [1.54, 1.807) is 0 Å². The molecule has 0 aliphatic heterocycles. The fraction of sp³-hybridized carbons (Fsp3) is 0.400. The zero-order valence-electron chi connectivity index (χ0n) is 14.0. The predicted octanol–water partition coefficient (Wildman–Crippen LogP) is 4.89. The Bertz CT molecular complexity index is 575. The lowest BCUT2D eigenvalue weighted by Gasteiger charge is -2.21. The van der Waals surface area contributed by atoms with Crippen molar-refractivity contribution in [2.75, 3.05) is 0 Å². The monoisotopic (exact) mass is 366 g/mol. The number of halogens is 2. The Labute approximate surface area is 157 Å². The second-order valence-electron chi connectivity index (χ2n) is 6.40. The summed E-state index contributed by atoms with van der Waals surface area (Å²) in [6, 6.07) is 17.6. The van der Waals surface area contributed by atoms with E-state index in [1.165, 1.54) is 47.9 Å². The lowest BCUT2D eigenvalue weighted by molar-refractivity contribution is 0.570. The zero-order valence-corrected chi connectivity index (χ0v) is 15.6. The van der Waals surface area contributed by atoms with E-state index in [0.717, 1.165) is 12.8 Å². The van der Waals surface area contributed by atoms with Crippen LogP contribution in [0.4, 0.5) is 0 Å². The number of hydrogen-bond donors (Lipinski definition) is 2. The van der Waals surface area contributed by atoms with Crippen molar-refractivity contribution in [3.63, 3.8) is 0 Å². The average Bonchev–Trinajstić information content (AvgIpc) is 2.57. The smallest absolute Gasteiger partial charge is 0.0297 e. The topological polar surface area (TPSA) is 52.0 Å². The summed E-state index contributed by atoms with van der Waals surface area (Å²) in [6.07, 6.45) is 7.22. The van der Waals surface area contributed by atoms with Crippen molar-refractivity contribution >= 4 is 24.8 Å². The van der Waals surface area contributed by atoms with Gasteiger partial charge in [-0.3, -0.25) is 0 Å². The van der Waals surface area contributed by atoms with E-state index < -0.39 is 0 Å². The van der Waals surface area contributed by atoms with Gasteiger partial charge in [-0.15, -0.1) is 24.8 Å². The van der Waals surface area contributed by atoms with Crippen molar-refractivity contribution in [3.8, 4) is 0 Å². The van der Waals surface area contributed by atoms with Crippen LogP contribution in [0.3, 0.4) is 0 Å². The maximum absolute atomic E-state index is 5.95. The molecule has 2 aromatic carbocycles. The fourth-order valence-corrected chi connectivity index (χ4v) is 3.58. The minimum Gasteiger partial charge on any atom is -0.324 e. The summed E-state index contributed by atoms with van der Waals surface area (Å²) in [6.45, 7) is 0. The quantitative estimate of drug-likeness (QED) is 0.697. The Morgan fingerprint density at radius 1 is 0.625 bits per heavy atom. The standard InChI is InChI=1S/2C10H13N.2ClH/c2*11-10-7-3-5-8-4-1-2-6-9(8)10;;/h2*1-2,4,6,10H,3,5,7,11H2;2*1H. The van der Waals surface area contributed by atoms with Crippen molar-refractivity contribution in [1.82, 2.24) is 0 Å². The van der Waals surface area contributed by atoms with Gasteiger partial charge in [-0.05, 0) is 60.8 Å². The summed E-state index contributed by atoms with van der Waals surface area (Å²) >= 11 is 0. The van der Waals surface area contributed by atoms with E-state index in [2.05, 4.69) is 48.5 Å². The molecule has 0 radical (unpaired) electrons. The first-order valence-electron chi connectivity index (χ1n) is 8.42. The molecule has 24 heavy (non-hydrogen) atoms. The third kappa shape index (κ3) is 4.97. The van der Waals surface area contributed by atoms with Crippen LogP contribution in [-0.2, 0) is 12.8 Å². The SMILES string of the molecule is Cl.Cl.NC1CCCc2ccccc21.NC1CCCc2ccccc21. The molecule has 0 heterocycles. The first-order chi connectivity index (χ1) is 10.8. The van der Waals surface area contributed by atoms with Crippen LogP contribution in [0.25, 0.3) is 0 Å². The molecule has 0 saturated heterocycles. The third-order valence-corrected chi connectivity index (χ3v) is 4.83. The molecule has 2 atom stereocenters. The maximum Gasteiger partial charge on any atom is 0.0297 e. The van der Waals surface area contributed by atoms with Crippen LogP contribution < -0.4 is 11.5 Å². The van der Waals surface area contributed by atoms with Gasteiger partial charge in [0.2, 0.25) is 0 Å². The van der Waals surface area contributed by atoms with Gasteiger partial charge in [-0.25, -0.2) is 0 Å². The Morgan fingerprint density at radius 2 is 1.00 bits per heavy atom. The van der Waals surface area contributed by atoms with Gasteiger partial charge in [-0.1, -0.05) is 48.5 Å². The molecule has 0 saturated carbocycles. The molecule has 0 bridgehead atoms. The first-order valence-corrected chi connectivity index (χ1v) is 8.42. The highest BCUT2D eigenvalue weighted by Gasteiger charge is 2.15. The van der Waals surface area contributed by atoms with Crippen LogP contribution in [0, 0.1) is 0 Å². The maximum atomic E-state index is 5.95. The predicted molar refractivity (Wildman–Crippen MR) is 107 cm³/mol. The van der Waals surface area contributed by atoms with E-state index in [-0.39, 0.29) is 24.8 Å². The molecular weight excluding hydrogens is 339 g/mol. The van der Waals surface area contributed by atoms with Gasteiger partial charge in [0.05, 0.1) is 0 Å². The van der Waals surface area contributed by atoms with Crippen molar-refractivity contribution in [3.05, 3.63) is 70.8 Å². The van der Waals surface area contributed by atoms with E-state index >= 15 is 0 Å². The Balaban J connectivity index is 0.000000222. The summed E-state index contributed by atoms with van der Waals surface area (Å²) in [5.41, 5.74) is 17.5. The van der Waals surface area contributed by atoms with E-state index in [1.807, 2.05) is 0 Å². The summed E-state index contributed by atoms with van der Waals surface area (Å²) in [4.78, 5) is 0. The molecule has 2 unspecified atom stereocenters. The Morgan fingerprint density at radius 3 is 1.38 bits per heavy atom. The second-order valence-corrected chi connectivity index (χ2v) is 6.40. The first kappa shape index (κ1) is 21.0. The summed E-state index contributed by atoms with van der Waals surface area (Å²) < 4.78 is 0. The second kappa shape index (κ2) is 10.0. The van der Waals surface area contributed by atoms with Gasteiger partial charge >= 0.3 is 0 Å². The Hall–Kier alpha value is -1.06. The normalized spacial score (nSPS) is 20.9. The molecule has 0 spiro atoms. The largest absolute Gasteiger partial charge is 0.324 e.